The Labute approximate surface area is 108 Å². The predicted octanol–water partition coefficient (Wildman–Crippen LogP) is 2.77. The summed E-state index contributed by atoms with van der Waals surface area (Å²) in [6, 6.07) is 7.67. The standard InChI is InChI=1S/C14H21NO3/c1-14(2,3)18-12-7-5-11(6-8-12)15(4)10-9-13(16)17/h5-8H,9-10H2,1-4H3,(H,16,17). The summed E-state index contributed by atoms with van der Waals surface area (Å²) in [6.07, 6.45) is 0.136. The molecule has 0 saturated carbocycles. The smallest absolute Gasteiger partial charge is 0.305 e. The van der Waals surface area contributed by atoms with Gasteiger partial charge in [-0.15, -0.1) is 0 Å². The number of hydrogen-bond acceptors (Lipinski definition) is 3. The fraction of sp³-hybridized carbons (Fsp3) is 0.500. The van der Waals surface area contributed by atoms with Crippen LogP contribution in [0.5, 0.6) is 5.75 Å². The van der Waals surface area contributed by atoms with E-state index in [0.717, 1.165) is 11.4 Å². The van der Waals surface area contributed by atoms with Crippen LogP contribution in [0.25, 0.3) is 0 Å². The van der Waals surface area contributed by atoms with E-state index in [9.17, 15) is 4.79 Å². The van der Waals surface area contributed by atoms with Crippen LogP contribution in [0, 0.1) is 0 Å². The highest BCUT2D eigenvalue weighted by atomic mass is 16.5. The summed E-state index contributed by atoms with van der Waals surface area (Å²) >= 11 is 0. The first kappa shape index (κ1) is 14.4. The number of hydrogen-bond donors (Lipinski definition) is 1. The first-order valence-corrected chi connectivity index (χ1v) is 6.00. The van der Waals surface area contributed by atoms with Gasteiger partial charge in [-0.1, -0.05) is 0 Å². The van der Waals surface area contributed by atoms with Crippen LogP contribution in [0.2, 0.25) is 0 Å². The van der Waals surface area contributed by atoms with Crippen molar-refractivity contribution in [3.8, 4) is 5.75 Å². The lowest BCUT2D eigenvalue weighted by Crippen LogP contribution is -2.23. The van der Waals surface area contributed by atoms with E-state index in [1.54, 1.807) is 0 Å². The molecular weight excluding hydrogens is 230 g/mol. The fourth-order valence-electron chi connectivity index (χ4n) is 1.51. The van der Waals surface area contributed by atoms with Crippen LogP contribution in [0.4, 0.5) is 5.69 Å². The highest BCUT2D eigenvalue weighted by Gasteiger charge is 2.11. The fourth-order valence-corrected chi connectivity index (χ4v) is 1.51. The Morgan fingerprint density at radius 2 is 1.83 bits per heavy atom. The maximum Gasteiger partial charge on any atom is 0.305 e. The van der Waals surface area contributed by atoms with Crippen molar-refractivity contribution in [3.63, 3.8) is 0 Å². The second kappa shape index (κ2) is 5.76. The quantitative estimate of drug-likeness (QED) is 0.874. The monoisotopic (exact) mass is 251 g/mol. The maximum absolute atomic E-state index is 10.5. The summed E-state index contributed by atoms with van der Waals surface area (Å²) in [5.74, 6) is 0.0346. The van der Waals surface area contributed by atoms with Gasteiger partial charge in [0.25, 0.3) is 0 Å². The van der Waals surface area contributed by atoms with Crippen LogP contribution >= 0.6 is 0 Å². The molecule has 0 aliphatic heterocycles. The van der Waals surface area contributed by atoms with Crippen molar-refractivity contribution in [3.05, 3.63) is 24.3 Å². The number of nitrogens with zero attached hydrogens (tertiary/aromatic N) is 1. The third-order valence-corrected chi connectivity index (χ3v) is 2.36. The third kappa shape index (κ3) is 5.08. The number of carboxylic acid groups (broad SMARTS) is 1. The average molecular weight is 251 g/mol. The van der Waals surface area contributed by atoms with Gasteiger partial charge in [0.1, 0.15) is 11.4 Å². The Balaban J connectivity index is 2.62. The minimum Gasteiger partial charge on any atom is -0.488 e. The Bertz CT molecular complexity index is 392. The topological polar surface area (TPSA) is 49.8 Å². The third-order valence-electron chi connectivity index (χ3n) is 2.36. The Hall–Kier alpha value is -1.71. The zero-order valence-corrected chi connectivity index (χ0v) is 11.4. The minimum absolute atomic E-state index is 0.136. The molecular formula is C14H21NO3. The van der Waals surface area contributed by atoms with Crippen LogP contribution in [0.1, 0.15) is 27.2 Å². The number of benzene rings is 1. The van der Waals surface area contributed by atoms with Gasteiger partial charge in [0.2, 0.25) is 0 Å². The highest BCUT2D eigenvalue weighted by molar-refractivity contribution is 5.67. The number of aliphatic carboxylic acids is 1. The molecule has 0 heterocycles. The highest BCUT2D eigenvalue weighted by Crippen LogP contribution is 2.22. The Morgan fingerprint density at radius 3 is 2.28 bits per heavy atom. The van der Waals surface area contributed by atoms with Crippen LogP contribution in [0.15, 0.2) is 24.3 Å². The van der Waals surface area contributed by atoms with Crippen LogP contribution < -0.4 is 9.64 Å². The largest absolute Gasteiger partial charge is 0.488 e. The van der Waals surface area contributed by atoms with Crippen LogP contribution in [-0.4, -0.2) is 30.3 Å². The molecule has 1 N–H and O–H groups in total. The molecule has 1 rings (SSSR count). The van der Waals surface area contributed by atoms with Gasteiger partial charge in [0, 0.05) is 19.3 Å². The van der Waals surface area contributed by atoms with Gasteiger partial charge in [-0.3, -0.25) is 4.79 Å². The summed E-state index contributed by atoms with van der Waals surface area (Å²) in [6.45, 7) is 6.49. The SMILES string of the molecule is CN(CCC(=O)O)c1ccc(OC(C)(C)C)cc1. The number of carbonyl (C=O) groups is 1. The summed E-state index contributed by atoms with van der Waals surface area (Å²) in [7, 11) is 1.88. The first-order valence-electron chi connectivity index (χ1n) is 6.00. The molecule has 0 saturated heterocycles. The molecule has 0 atom stereocenters. The summed E-state index contributed by atoms with van der Waals surface area (Å²) in [4.78, 5) is 12.4. The van der Waals surface area contributed by atoms with Crippen molar-refractivity contribution in [1.82, 2.24) is 0 Å². The van der Waals surface area contributed by atoms with E-state index in [-0.39, 0.29) is 12.0 Å². The molecule has 0 spiro atoms. The van der Waals surface area contributed by atoms with E-state index >= 15 is 0 Å². The molecule has 100 valence electrons. The molecule has 0 fully saturated rings. The van der Waals surface area contributed by atoms with E-state index in [4.69, 9.17) is 9.84 Å². The molecule has 1 aromatic rings. The minimum atomic E-state index is -0.783. The van der Waals surface area contributed by atoms with Crippen molar-refractivity contribution < 1.29 is 14.6 Å². The molecule has 0 aliphatic rings. The van der Waals surface area contributed by atoms with Crippen molar-refractivity contribution >= 4 is 11.7 Å². The van der Waals surface area contributed by atoms with Crippen molar-refractivity contribution in [1.29, 1.82) is 0 Å². The van der Waals surface area contributed by atoms with Gasteiger partial charge in [0.05, 0.1) is 6.42 Å². The molecule has 0 radical (unpaired) electrons. The molecule has 0 unspecified atom stereocenters. The van der Waals surface area contributed by atoms with Gasteiger partial charge in [0.15, 0.2) is 0 Å². The summed E-state index contributed by atoms with van der Waals surface area (Å²) < 4.78 is 5.72. The average Bonchev–Trinajstić information content (AvgIpc) is 2.24. The summed E-state index contributed by atoms with van der Waals surface area (Å²) in [5.41, 5.74) is 0.772. The van der Waals surface area contributed by atoms with Gasteiger partial charge in [-0.2, -0.15) is 0 Å². The summed E-state index contributed by atoms with van der Waals surface area (Å²) in [5, 5.41) is 8.63. The molecule has 0 aliphatic carbocycles. The normalized spacial score (nSPS) is 11.1. The molecule has 18 heavy (non-hydrogen) atoms. The second-order valence-electron chi connectivity index (χ2n) is 5.27. The van der Waals surface area contributed by atoms with E-state index in [1.807, 2.05) is 57.0 Å². The lowest BCUT2D eigenvalue weighted by atomic mass is 10.2. The van der Waals surface area contributed by atoms with Crippen molar-refractivity contribution in [2.24, 2.45) is 0 Å². The zero-order chi connectivity index (χ0) is 13.8. The van der Waals surface area contributed by atoms with Gasteiger partial charge >= 0.3 is 5.97 Å². The van der Waals surface area contributed by atoms with E-state index in [0.29, 0.717) is 6.54 Å². The number of rotatable bonds is 5. The lowest BCUT2D eigenvalue weighted by molar-refractivity contribution is -0.136. The predicted molar refractivity (Wildman–Crippen MR) is 72.3 cm³/mol. The van der Waals surface area contributed by atoms with Gasteiger partial charge < -0.3 is 14.7 Å². The van der Waals surface area contributed by atoms with Crippen LogP contribution in [-0.2, 0) is 4.79 Å². The molecule has 4 heteroatoms. The van der Waals surface area contributed by atoms with Gasteiger partial charge in [-0.25, -0.2) is 0 Å². The number of anilines is 1. The molecule has 4 nitrogen and oxygen atoms in total. The molecule has 0 aromatic heterocycles. The van der Waals surface area contributed by atoms with Crippen LogP contribution in [0.3, 0.4) is 0 Å². The van der Waals surface area contributed by atoms with Gasteiger partial charge in [-0.05, 0) is 45.0 Å². The Morgan fingerprint density at radius 1 is 1.28 bits per heavy atom. The lowest BCUT2D eigenvalue weighted by Gasteiger charge is -2.22. The molecule has 0 bridgehead atoms. The second-order valence-corrected chi connectivity index (χ2v) is 5.27. The van der Waals surface area contributed by atoms with Crippen molar-refractivity contribution in [2.75, 3.05) is 18.5 Å². The first-order chi connectivity index (χ1) is 8.28. The molecule has 1 aromatic carbocycles. The maximum atomic E-state index is 10.5. The Kier molecular flexibility index (Phi) is 4.59. The zero-order valence-electron chi connectivity index (χ0n) is 11.4. The number of carboxylic acids is 1. The number of ether oxygens (including phenoxy) is 1. The molecule has 0 amide bonds. The van der Waals surface area contributed by atoms with E-state index in [1.165, 1.54) is 0 Å². The van der Waals surface area contributed by atoms with Crippen molar-refractivity contribution in [2.45, 2.75) is 32.8 Å². The van der Waals surface area contributed by atoms with E-state index in [2.05, 4.69) is 0 Å². The van der Waals surface area contributed by atoms with E-state index < -0.39 is 5.97 Å².